The van der Waals surface area contributed by atoms with Crippen LogP contribution in [0.25, 0.3) is 0 Å². The number of anilines is 1. The minimum absolute atomic E-state index is 0.239. The molecular weight excluding hydrogens is 386 g/mol. The molecule has 0 bridgehead atoms. The van der Waals surface area contributed by atoms with E-state index in [4.69, 9.17) is 0 Å². The van der Waals surface area contributed by atoms with Gasteiger partial charge in [-0.3, -0.25) is 14.5 Å². The smallest absolute Gasteiger partial charge is 0.262 e. The third-order valence-electron chi connectivity index (χ3n) is 4.51. The number of pyridine rings is 1. The first-order valence-electron chi connectivity index (χ1n) is 9.18. The third kappa shape index (κ3) is 5.00. The molecule has 2 N–H and O–H groups in total. The van der Waals surface area contributed by atoms with E-state index < -0.39 is 10.0 Å². The van der Waals surface area contributed by atoms with Crippen LogP contribution in [0.3, 0.4) is 0 Å². The summed E-state index contributed by atoms with van der Waals surface area (Å²) < 4.78 is 28.0. The standard InChI is InChI=1S/C22H23N3O3S/c1-15-7-8-16(2)21(14-15)29(27,28)25-19-11-9-18(10-12-19)22(26)24-17(3)20-6-4-5-13-23-20/h4-14,17,25H,1-3H3,(H,24,26)/t17-/m1/s1. The first kappa shape index (κ1) is 20.5. The molecule has 3 rings (SSSR count). The summed E-state index contributed by atoms with van der Waals surface area (Å²) in [6.45, 7) is 5.45. The molecule has 0 unspecified atom stereocenters. The molecule has 0 aliphatic rings. The van der Waals surface area contributed by atoms with Gasteiger partial charge in [-0.1, -0.05) is 18.2 Å². The Morgan fingerprint density at radius 3 is 2.38 bits per heavy atom. The first-order valence-corrected chi connectivity index (χ1v) is 10.7. The SMILES string of the molecule is Cc1ccc(C)c(S(=O)(=O)Nc2ccc(C(=O)N[C@H](C)c3ccccn3)cc2)c1. The molecule has 0 fully saturated rings. The van der Waals surface area contributed by atoms with Crippen LogP contribution in [0.1, 0.15) is 40.1 Å². The van der Waals surface area contributed by atoms with E-state index in [1.54, 1.807) is 49.5 Å². The van der Waals surface area contributed by atoms with E-state index >= 15 is 0 Å². The largest absolute Gasteiger partial charge is 0.344 e. The van der Waals surface area contributed by atoms with Gasteiger partial charge in [0.2, 0.25) is 0 Å². The van der Waals surface area contributed by atoms with Gasteiger partial charge in [0, 0.05) is 17.4 Å². The predicted molar refractivity (Wildman–Crippen MR) is 113 cm³/mol. The van der Waals surface area contributed by atoms with Gasteiger partial charge in [-0.15, -0.1) is 0 Å². The zero-order chi connectivity index (χ0) is 21.0. The maximum absolute atomic E-state index is 12.7. The fourth-order valence-electron chi connectivity index (χ4n) is 2.88. The van der Waals surface area contributed by atoms with Crippen molar-refractivity contribution < 1.29 is 13.2 Å². The number of rotatable bonds is 6. The van der Waals surface area contributed by atoms with Gasteiger partial charge in [0.25, 0.3) is 15.9 Å². The first-order chi connectivity index (χ1) is 13.8. The monoisotopic (exact) mass is 409 g/mol. The van der Waals surface area contributed by atoms with Crippen LogP contribution in [0.5, 0.6) is 0 Å². The Morgan fingerprint density at radius 1 is 1.00 bits per heavy atom. The summed E-state index contributed by atoms with van der Waals surface area (Å²) in [7, 11) is -3.71. The second-order valence-corrected chi connectivity index (χ2v) is 8.55. The minimum Gasteiger partial charge on any atom is -0.344 e. The number of nitrogens with one attached hydrogen (secondary N) is 2. The quantitative estimate of drug-likeness (QED) is 0.644. The molecule has 1 aromatic heterocycles. The van der Waals surface area contributed by atoms with Crippen molar-refractivity contribution >= 4 is 21.6 Å². The van der Waals surface area contributed by atoms with Crippen molar-refractivity contribution in [2.75, 3.05) is 4.72 Å². The number of carbonyl (C=O) groups is 1. The molecule has 29 heavy (non-hydrogen) atoms. The van der Waals surface area contributed by atoms with Crippen molar-refractivity contribution in [3.05, 3.63) is 89.2 Å². The number of aryl methyl sites for hydroxylation is 2. The number of hydrogen-bond acceptors (Lipinski definition) is 4. The molecule has 0 saturated heterocycles. The van der Waals surface area contributed by atoms with E-state index in [-0.39, 0.29) is 16.8 Å². The fraction of sp³-hybridized carbons (Fsp3) is 0.182. The fourth-order valence-corrected chi connectivity index (χ4v) is 4.27. The molecule has 7 heteroatoms. The van der Waals surface area contributed by atoms with Crippen molar-refractivity contribution in [2.45, 2.75) is 31.7 Å². The van der Waals surface area contributed by atoms with Crippen molar-refractivity contribution in [3.63, 3.8) is 0 Å². The van der Waals surface area contributed by atoms with Crippen LogP contribution in [0.4, 0.5) is 5.69 Å². The summed E-state index contributed by atoms with van der Waals surface area (Å²) in [5.74, 6) is -0.257. The Kier molecular flexibility index (Phi) is 5.98. The molecule has 150 valence electrons. The lowest BCUT2D eigenvalue weighted by Gasteiger charge is -2.14. The number of carbonyl (C=O) groups excluding carboxylic acids is 1. The topological polar surface area (TPSA) is 88.2 Å². The maximum atomic E-state index is 12.7. The highest BCUT2D eigenvalue weighted by molar-refractivity contribution is 7.92. The lowest BCUT2D eigenvalue weighted by molar-refractivity contribution is 0.0939. The van der Waals surface area contributed by atoms with Crippen molar-refractivity contribution in [1.29, 1.82) is 0 Å². The molecule has 0 aliphatic heterocycles. The summed E-state index contributed by atoms with van der Waals surface area (Å²) >= 11 is 0. The van der Waals surface area contributed by atoms with Crippen LogP contribution in [-0.2, 0) is 10.0 Å². The lowest BCUT2D eigenvalue weighted by Crippen LogP contribution is -2.27. The Bertz CT molecular complexity index is 1110. The number of sulfonamides is 1. The third-order valence-corrected chi connectivity index (χ3v) is 6.03. The van der Waals surface area contributed by atoms with Crippen molar-refractivity contribution in [3.8, 4) is 0 Å². The Labute approximate surface area is 171 Å². The molecule has 2 aromatic carbocycles. The van der Waals surface area contributed by atoms with Gasteiger partial charge in [-0.2, -0.15) is 0 Å². The number of benzene rings is 2. The molecule has 1 atom stereocenters. The Morgan fingerprint density at radius 2 is 1.72 bits per heavy atom. The highest BCUT2D eigenvalue weighted by atomic mass is 32.2. The Hall–Kier alpha value is -3.19. The van der Waals surface area contributed by atoms with Crippen LogP contribution in [-0.4, -0.2) is 19.3 Å². The van der Waals surface area contributed by atoms with Gasteiger partial charge >= 0.3 is 0 Å². The number of aromatic nitrogens is 1. The summed E-state index contributed by atoms with van der Waals surface area (Å²) in [6.07, 6.45) is 1.68. The number of hydrogen-bond donors (Lipinski definition) is 2. The number of amides is 1. The lowest BCUT2D eigenvalue weighted by atomic mass is 10.1. The molecule has 1 heterocycles. The van der Waals surface area contributed by atoms with E-state index in [1.807, 2.05) is 38.1 Å². The van der Waals surface area contributed by atoms with Crippen molar-refractivity contribution in [1.82, 2.24) is 10.3 Å². The van der Waals surface area contributed by atoms with E-state index in [9.17, 15) is 13.2 Å². The van der Waals surface area contributed by atoms with Gasteiger partial charge < -0.3 is 5.32 Å². The average Bonchev–Trinajstić information content (AvgIpc) is 2.70. The van der Waals surface area contributed by atoms with E-state index in [1.165, 1.54) is 0 Å². The van der Waals surface area contributed by atoms with Crippen molar-refractivity contribution in [2.24, 2.45) is 0 Å². The van der Waals surface area contributed by atoms with Crippen LogP contribution >= 0.6 is 0 Å². The molecule has 0 radical (unpaired) electrons. The summed E-state index contributed by atoms with van der Waals surface area (Å²) in [6, 6.07) is 16.9. The van der Waals surface area contributed by atoms with Crippen LogP contribution < -0.4 is 10.0 Å². The van der Waals surface area contributed by atoms with Crippen LogP contribution in [0, 0.1) is 13.8 Å². The zero-order valence-corrected chi connectivity index (χ0v) is 17.3. The second kappa shape index (κ2) is 8.45. The van der Waals surface area contributed by atoms with Gasteiger partial charge in [-0.25, -0.2) is 8.42 Å². The van der Waals surface area contributed by atoms with Gasteiger partial charge in [-0.05, 0) is 74.4 Å². The molecule has 3 aromatic rings. The minimum atomic E-state index is -3.71. The Balaban J connectivity index is 1.71. The van der Waals surface area contributed by atoms with E-state index in [0.29, 0.717) is 16.8 Å². The van der Waals surface area contributed by atoms with Gasteiger partial charge in [0.1, 0.15) is 0 Å². The highest BCUT2D eigenvalue weighted by Crippen LogP contribution is 2.21. The summed E-state index contributed by atoms with van der Waals surface area (Å²) in [5, 5.41) is 2.88. The van der Waals surface area contributed by atoms with Crippen LogP contribution in [0.15, 0.2) is 71.8 Å². The number of nitrogens with zero attached hydrogens (tertiary/aromatic N) is 1. The summed E-state index contributed by atoms with van der Waals surface area (Å²) in [4.78, 5) is 16.9. The molecular formula is C22H23N3O3S. The zero-order valence-electron chi connectivity index (χ0n) is 16.5. The molecule has 0 saturated carbocycles. The predicted octanol–water partition coefficient (Wildman–Crippen LogP) is 3.99. The molecule has 0 spiro atoms. The summed E-state index contributed by atoms with van der Waals surface area (Å²) in [5.41, 5.74) is 3.12. The van der Waals surface area contributed by atoms with Crippen LogP contribution in [0.2, 0.25) is 0 Å². The maximum Gasteiger partial charge on any atom is 0.262 e. The van der Waals surface area contributed by atoms with E-state index in [2.05, 4.69) is 15.0 Å². The van der Waals surface area contributed by atoms with E-state index in [0.717, 1.165) is 11.3 Å². The average molecular weight is 410 g/mol. The molecule has 1 amide bonds. The van der Waals surface area contributed by atoms with Gasteiger partial charge in [0.15, 0.2) is 0 Å². The van der Waals surface area contributed by atoms with Gasteiger partial charge in [0.05, 0.1) is 16.6 Å². The normalized spacial score (nSPS) is 12.2. The molecule has 0 aliphatic carbocycles. The second-order valence-electron chi connectivity index (χ2n) is 6.90. The highest BCUT2D eigenvalue weighted by Gasteiger charge is 2.18. The molecule has 6 nitrogen and oxygen atoms in total.